The van der Waals surface area contributed by atoms with E-state index in [-0.39, 0.29) is 12.3 Å². The van der Waals surface area contributed by atoms with Crippen LogP contribution < -0.4 is 5.32 Å². The van der Waals surface area contributed by atoms with E-state index >= 15 is 0 Å². The van der Waals surface area contributed by atoms with Crippen molar-refractivity contribution in [3.05, 3.63) is 75.7 Å². The number of hydrogen-bond acceptors (Lipinski definition) is 6. The van der Waals surface area contributed by atoms with Gasteiger partial charge in [-0.25, -0.2) is 9.78 Å². The zero-order valence-electron chi connectivity index (χ0n) is 12.9. The fourth-order valence-corrected chi connectivity index (χ4v) is 2.77. The molecule has 0 saturated carbocycles. The average molecular weight is 355 g/mol. The normalized spacial score (nSPS) is 10.2. The Morgan fingerprint density at radius 3 is 2.56 bits per heavy atom. The Kier molecular flexibility index (Phi) is 5.00. The number of non-ortho nitro benzene ring substituents is 1. The third kappa shape index (κ3) is 4.39. The maximum Gasteiger partial charge on any atom is 0.413 e. The molecule has 2 aromatic carbocycles. The minimum Gasteiger partial charge on any atom is -0.444 e. The number of carbonyl (C=O) groups is 1. The van der Waals surface area contributed by atoms with E-state index in [0.29, 0.717) is 10.8 Å². The van der Waals surface area contributed by atoms with E-state index in [1.165, 1.54) is 23.5 Å². The Labute approximate surface area is 147 Å². The summed E-state index contributed by atoms with van der Waals surface area (Å²) in [4.78, 5) is 26.3. The molecular weight excluding hydrogens is 342 g/mol. The lowest BCUT2D eigenvalue weighted by Gasteiger charge is -2.04. The first-order chi connectivity index (χ1) is 12.1. The van der Waals surface area contributed by atoms with E-state index < -0.39 is 11.0 Å². The molecule has 0 bridgehead atoms. The number of amides is 1. The summed E-state index contributed by atoms with van der Waals surface area (Å²) in [6, 6.07) is 15.4. The van der Waals surface area contributed by atoms with Crippen LogP contribution >= 0.6 is 11.3 Å². The van der Waals surface area contributed by atoms with Gasteiger partial charge < -0.3 is 4.74 Å². The highest BCUT2D eigenvalue weighted by Gasteiger charge is 2.10. The first-order valence-corrected chi connectivity index (χ1v) is 8.18. The first-order valence-electron chi connectivity index (χ1n) is 7.30. The predicted molar refractivity (Wildman–Crippen MR) is 94.5 cm³/mol. The van der Waals surface area contributed by atoms with Crippen molar-refractivity contribution >= 4 is 28.2 Å². The van der Waals surface area contributed by atoms with Crippen LogP contribution in [-0.4, -0.2) is 16.0 Å². The average Bonchev–Trinajstić information content (AvgIpc) is 3.09. The van der Waals surface area contributed by atoms with E-state index in [1.807, 2.05) is 30.3 Å². The number of nitrogens with one attached hydrogen (secondary N) is 1. The van der Waals surface area contributed by atoms with E-state index in [9.17, 15) is 14.9 Å². The van der Waals surface area contributed by atoms with Gasteiger partial charge in [-0.05, 0) is 17.7 Å². The third-order valence-corrected chi connectivity index (χ3v) is 4.06. The zero-order chi connectivity index (χ0) is 17.6. The Morgan fingerprint density at radius 1 is 1.16 bits per heavy atom. The van der Waals surface area contributed by atoms with Gasteiger partial charge in [0.25, 0.3) is 5.69 Å². The van der Waals surface area contributed by atoms with Gasteiger partial charge in [0.2, 0.25) is 0 Å². The lowest BCUT2D eigenvalue weighted by Crippen LogP contribution is -2.13. The van der Waals surface area contributed by atoms with Crippen molar-refractivity contribution in [2.24, 2.45) is 0 Å². The van der Waals surface area contributed by atoms with Gasteiger partial charge in [-0.2, -0.15) is 0 Å². The summed E-state index contributed by atoms with van der Waals surface area (Å²) in [6.45, 7) is 0.174. The van der Waals surface area contributed by atoms with Crippen molar-refractivity contribution in [3.63, 3.8) is 0 Å². The van der Waals surface area contributed by atoms with Crippen LogP contribution in [0.25, 0.3) is 11.3 Å². The lowest BCUT2D eigenvalue weighted by atomic mass is 10.1. The van der Waals surface area contributed by atoms with Crippen LogP contribution in [0.3, 0.4) is 0 Å². The second-order valence-electron chi connectivity index (χ2n) is 5.03. The van der Waals surface area contributed by atoms with Crippen LogP contribution in [0.5, 0.6) is 0 Å². The van der Waals surface area contributed by atoms with Crippen molar-refractivity contribution in [1.29, 1.82) is 0 Å². The maximum absolute atomic E-state index is 11.8. The van der Waals surface area contributed by atoms with E-state index in [0.717, 1.165) is 11.1 Å². The molecule has 126 valence electrons. The summed E-state index contributed by atoms with van der Waals surface area (Å²) in [5.41, 5.74) is 2.26. The zero-order valence-corrected chi connectivity index (χ0v) is 13.7. The van der Waals surface area contributed by atoms with Crippen molar-refractivity contribution in [3.8, 4) is 11.3 Å². The molecule has 3 aromatic rings. The standard InChI is InChI=1S/C17H13N3O4S/c21-17(24-10-12-4-2-1-3-5-12)19-16-18-15(11-25-16)13-6-8-14(9-7-13)20(22)23/h1-9,11H,10H2,(H,18,19,21). The molecule has 3 rings (SSSR count). The molecule has 1 N–H and O–H groups in total. The van der Waals surface area contributed by atoms with Crippen LogP contribution in [-0.2, 0) is 11.3 Å². The quantitative estimate of drug-likeness (QED) is 0.538. The molecule has 1 amide bonds. The molecule has 0 aliphatic carbocycles. The fraction of sp³-hybridized carbons (Fsp3) is 0.0588. The van der Waals surface area contributed by atoms with Gasteiger partial charge in [-0.15, -0.1) is 11.3 Å². The third-order valence-electron chi connectivity index (χ3n) is 3.30. The molecule has 8 heteroatoms. The van der Waals surface area contributed by atoms with Gasteiger partial charge in [-0.1, -0.05) is 30.3 Å². The lowest BCUT2D eigenvalue weighted by molar-refractivity contribution is -0.384. The Hall–Kier alpha value is -3.26. The van der Waals surface area contributed by atoms with Gasteiger partial charge in [0.05, 0.1) is 10.6 Å². The Balaban J connectivity index is 1.59. The number of benzene rings is 2. The monoisotopic (exact) mass is 355 g/mol. The highest BCUT2D eigenvalue weighted by atomic mass is 32.1. The highest BCUT2D eigenvalue weighted by Crippen LogP contribution is 2.26. The highest BCUT2D eigenvalue weighted by molar-refractivity contribution is 7.14. The summed E-state index contributed by atoms with van der Waals surface area (Å²) in [7, 11) is 0. The molecule has 0 saturated heterocycles. The summed E-state index contributed by atoms with van der Waals surface area (Å²) >= 11 is 1.25. The minimum atomic E-state index is -0.589. The molecule has 0 spiro atoms. The number of aromatic nitrogens is 1. The smallest absolute Gasteiger partial charge is 0.413 e. The van der Waals surface area contributed by atoms with Crippen molar-refractivity contribution in [2.45, 2.75) is 6.61 Å². The first kappa shape index (κ1) is 16.6. The van der Waals surface area contributed by atoms with E-state index in [1.54, 1.807) is 17.5 Å². The molecule has 1 heterocycles. The van der Waals surface area contributed by atoms with E-state index in [4.69, 9.17) is 4.74 Å². The maximum atomic E-state index is 11.8. The summed E-state index contributed by atoms with van der Waals surface area (Å²) < 4.78 is 5.13. The molecule has 0 atom stereocenters. The summed E-state index contributed by atoms with van der Waals surface area (Å²) in [6.07, 6.45) is -0.589. The van der Waals surface area contributed by atoms with Gasteiger partial charge in [0.15, 0.2) is 5.13 Å². The van der Waals surface area contributed by atoms with Gasteiger partial charge in [0, 0.05) is 23.1 Å². The van der Waals surface area contributed by atoms with Gasteiger partial charge >= 0.3 is 6.09 Å². The summed E-state index contributed by atoms with van der Waals surface area (Å²) in [5.74, 6) is 0. The molecule has 0 fully saturated rings. The number of anilines is 1. The molecule has 25 heavy (non-hydrogen) atoms. The van der Waals surface area contributed by atoms with Crippen molar-refractivity contribution in [1.82, 2.24) is 4.98 Å². The Bertz CT molecular complexity index is 878. The van der Waals surface area contributed by atoms with Crippen molar-refractivity contribution in [2.75, 3.05) is 5.32 Å². The summed E-state index contributed by atoms with van der Waals surface area (Å²) in [5, 5.41) is 15.4. The fourth-order valence-electron chi connectivity index (χ4n) is 2.06. The van der Waals surface area contributed by atoms with Crippen molar-refractivity contribution < 1.29 is 14.5 Å². The predicted octanol–water partition coefficient (Wildman–Crippen LogP) is 4.47. The van der Waals surface area contributed by atoms with Crippen LogP contribution in [0.1, 0.15) is 5.56 Å². The molecule has 7 nitrogen and oxygen atoms in total. The molecular formula is C17H13N3O4S. The number of rotatable bonds is 5. The Morgan fingerprint density at radius 2 is 1.88 bits per heavy atom. The number of nitrogens with zero attached hydrogens (tertiary/aromatic N) is 2. The molecule has 0 radical (unpaired) electrons. The molecule has 0 aliphatic rings. The molecule has 0 aliphatic heterocycles. The van der Waals surface area contributed by atoms with Crippen LogP contribution in [0.15, 0.2) is 60.0 Å². The minimum absolute atomic E-state index is 0.0156. The van der Waals surface area contributed by atoms with Crippen LogP contribution in [0, 0.1) is 10.1 Å². The molecule has 1 aromatic heterocycles. The van der Waals surface area contributed by atoms with E-state index in [2.05, 4.69) is 10.3 Å². The second-order valence-corrected chi connectivity index (χ2v) is 5.89. The topological polar surface area (TPSA) is 94.4 Å². The number of ether oxygens (including phenoxy) is 1. The number of thiazole rings is 1. The number of carbonyl (C=O) groups excluding carboxylic acids is 1. The largest absolute Gasteiger partial charge is 0.444 e. The SMILES string of the molecule is O=C(Nc1nc(-c2ccc([N+](=O)[O-])cc2)cs1)OCc1ccccc1. The van der Waals surface area contributed by atoms with Crippen LogP contribution in [0.2, 0.25) is 0 Å². The number of nitro groups is 1. The number of hydrogen-bond donors (Lipinski definition) is 1. The second kappa shape index (κ2) is 7.54. The molecule has 0 unspecified atom stereocenters. The van der Waals surface area contributed by atoms with Gasteiger partial charge in [-0.3, -0.25) is 15.4 Å². The number of nitro benzene ring substituents is 1. The van der Waals surface area contributed by atoms with Crippen LogP contribution in [0.4, 0.5) is 15.6 Å². The van der Waals surface area contributed by atoms with Gasteiger partial charge in [0.1, 0.15) is 6.61 Å².